The third-order valence-electron chi connectivity index (χ3n) is 9.16. The van der Waals surface area contributed by atoms with Gasteiger partial charge in [0, 0.05) is 59.0 Å². The monoisotopic (exact) mass is 810 g/mol. The van der Waals surface area contributed by atoms with Crippen molar-refractivity contribution in [1.29, 1.82) is 0 Å². The number of methoxy groups -OCH3 is 1. The van der Waals surface area contributed by atoms with Gasteiger partial charge in [-0.25, -0.2) is 19.9 Å². The molecule has 6 rings (SSSR count). The van der Waals surface area contributed by atoms with Crippen molar-refractivity contribution >= 4 is 57.6 Å². The summed E-state index contributed by atoms with van der Waals surface area (Å²) < 4.78 is 26.6. The number of aryl methyl sites for hydroxylation is 4. The molecule has 19 heteroatoms. The second-order valence-corrected chi connectivity index (χ2v) is 13.4. The molecule has 310 valence electrons. The van der Waals surface area contributed by atoms with Gasteiger partial charge >= 0.3 is 0 Å². The number of nitrogens with one attached hydrogen (secondary N) is 3. The highest BCUT2D eigenvalue weighted by atomic mass is 16.5. The van der Waals surface area contributed by atoms with Gasteiger partial charge in [0.25, 0.3) is 11.8 Å². The minimum absolute atomic E-state index is 0.0404. The predicted octanol–water partition coefficient (Wildman–Crippen LogP) is 4.37. The molecule has 4 aromatic heterocycles. The Morgan fingerprint density at radius 3 is 1.85 bits per heavy atom. The van der Waals surface area contributed by atoms with Gasteiger partial charge in [-0.1, -0.05) is 26.0 Å². The molecule has 0 atom stereocenters. The number of rotatable bonds is 18. The number of aliphatic hydroxyl groups is 1. The lowest BCUT2D eigenvalue weighted by Gasteiger charge is -2.13. The normalized spacial score (nSPS) is 11.4. The molecule has 4 heterocycles. The first kappa shape index (κ1) is 41.6. The van der Waals surface area contributed by atoms with Gasteiger partial charge in [-0.2, -0.15) is 0 Å². The van der Waals surface area contributed by atoms with E-state index in [9.17, 15) is 24.3 Å². The summed E-state index contributed by atoms with van der Waals surface area (Å²) in [7, 11) is 1.51. The third kappa shape index (κ3) is 9.09. The molecular formula is C40H46N10O9. The lowest BCUT2D eigenvalue weighted by atomic mass is 10.1. The van der Waals surface area contributed by atoms with Crippen LogP contribution in [0.15, 0.2) is 45.3 Å². The maximum Gasteiger partial charge on any atom is 0.295 e. The zero-order valence-corrected chi connectivity index (χ0v) is 33.6. The number of aromatic nitrogens is 6. The van der Waals surface area contributed by atoms with Gasteiger partial charge in [-0.3, -0.25) is 29.8 Å². The Hall–Kier alpha value is -7.02. The van der Waals surface area contributed by atoms with E-state index in [0.717, 1.165) is 5.56 Å². The van der Waals surface area contributed by atoms with Crippen LogP contribution in [-0.2, 0) is 37.3 Å². The van der Waals surface area contributed by atoms with Crippen molar-refractivity contribution < 1.29 is 42.6 Å². The molecule has 0 spiro atoms. The number of anilines is 2. The fourth-order valence-electron chi connectivity index (χ4n) is 6.50. The van der Waals surface area contributed by atoms with Crippen LogP contribution in [0, 0.1) is 13.8 Å². The summed E-state index contributed by atoms with van der Waals surface area (Å²) in [6.07, 6.45) is 4.89. The van der Waals surface area contributed by atoms with Crippen LogP contribution in [0.3, 0.4) is 0 Å². The number of imidazole rings is 2. The fraction of sp³-hybridized carbons (Fsp3) is 0.350. The molecule has 0 fully saturated rings. The SMILES string of the molecule is CCc1nc(C)oc1C(=O)Nc1nc2cc(CNC(C)=O)cc(OC)c2n1C/C=C/Cn1c(NC(=O)c2oc(C)nc2CC)nc2cc(C(N)=O)cc(OCCCO)c21. The van der Waals surface area contributed by atoms with Gasteiger partial charge in [-0.05, 0) is 42.7 Å². The van der Waals surface area contributed by atoms with Gasteiger partial charge in [0.05, 0.1) is 36.1 Å². The van der Waals surface area contributed by atoms with Crippen LogP contribution in [0.2, 0.25) is 0 Å². The standard InChI is InChI=1S/C40H46N10O9/c1-7-26-34(58-22(4)43-26)37(54)47-39-45-28-16-24(20-42-21(3)52)17-30(56-6)32(28)49(39)12-9-10-13-50-33-29(18-25(36(41)53)19-31(33)57-15-11-14-51)46-40(50)48-38(55)35-27(8-2)44-23(5)59-35/h9-10,16-19,51H,7-8,11-15,20H2,1-6H3,(H2,41,53)(H,42,52)(H,45,47,54)(H,46,48,55)/b10-9+. The number of benzene rings is 2. The number of oxazole rings is 2. The number of nitrogens with two attached hydrogens (primary N) is 1. The Balaban J connectivity index is 1.41. The maximum atomic E-state index is 13.6. The molecule has 0 unspecified atom stereocenters. The Morgan fingerprint density at radius 1 is 0.814 bits per heavy atom. The first-order chi connectivity index (χ1) is 28.3. The molecule has 4 amide bonds. The van der Waals surface area contributed by atoms with E-state index in [-0.39, 0.29) is 73.5 Å². The number of hydrogen-bond donors (Lipinski definition) is 5. The van der Waals surface area contributed by atoms with Crippen LogP contribution in [0.25, 0.3) is 22.1 Å². The Kier molecular flexibility index (Phi) is 12.7. The molecule has 2 aromatic carbocycles. The van der Waals surface area contributed by atoms with E-state index in [1.807, 2.05) is 26.0 Å². The van der Waals surface area contributed by atoms with E-state index in [1.54, 1.807) is 35.1 Å². The molecule has 0 bridgehead atoms. The number of fused-ring (bicyclic) bond motifs is 2. The van der Waals surface area contributed by atoms with E-state index in [0.29, 0.717) is 70.2 Å². The van der Waals surface area contributed by atoms with E-state index < -0.39 is 17.7 Å². The van der Waals surface area contributed by atoms with Gasteiger partial charge in [0.2, 0.25) is 35.2 Å². The highest BCUT2D eigenvalue weighted by Crippen LogP contribution is 2.33. The van der Waals surface area contributed by atoms with Crippen LogP contribution in [0.4, 0.5) is 11.9 Å². The summed E-state index contributed by atoms with van der Waals surface area (Å²) >= 11 is 0. The fourth-order valence-corrected chi connectivity index (χ4v) is 6.50. The highest BCUT2D eigenvalue weighted by molar-refractivity contribution is 6.04. The molecule has 6 aromatic rings. The number of amides is 4. The first-order valence-electron chi connectivity index (χ1n) is 18.9. The number of carbonyl (C=O) groups excluding carboxylic acids is 4. The van der Waals surface area contributed by atoms with Crippen LogP contribution in [-0.4, -0.2) is 78.1 Å². The van der Waals surface area contributed by atoms with Gasteiger partial charge in [0.15, 0.2) is 11.8 Å². The summed E-state index contributed by atoms with van der Waals surface area (Å²) in [4.78, 5) is 69.3. The third-order valence-corrected chi connectivity index (χ3v) is 9.16. The van der Waals surface area contributed by atoms with Gasteiger partial charge in [-0.15, -0.1) is 0 Å². The van der Waals surface area contributed by atoms with Crippen LogP contribution in [0.5, 0.6) is 11.5 Å². The average molecular weight is 811 g/mol. The summed E-state index contributed by atoms with van der Waals surface area (Å²) in [6.45, 7) is 8.98. The van der Waals surface area contributed by atoms with Crippen molar-refractivity contribution in [3.8, 4) is 11.5 Å². The zero-order valence-electron chi connectivity index (χ0n) is 33.6. The van der Waals surface area contributed by atoms with Crippen molar-refractivity contribution in [3.63, 3.8) is 0 Å². The number of primary amides is 1. The minimum atomic E-state index is -0.707. The summed E-state index contributed by atoms with van der Waals surface area (Å²) in [5, 5.41) is 17.9. The highest BCUT2D eigenvalue weighted by Gasteiger charge is 2.25. The van der Waals surface area contributed by atoms with Crippen molar-refractivity contribution in [3.05, 3.63) is 82.2 Å². The van der Waals surface area contributed by atoms with Crippen LogP contribution < -0.4 is 31.2 Å². The zero-order chi connectivity index (χ0) is 42.4. The van der Waals surface area contributed by atoms with Crippen LogP contribution >= 0.6 is 0 Å². The van der Waals surface area contributed by atoms with Crippen molar-refractivity contribution in [2.24, 2.45) is 5.73 Å². The Bertz CT molecular complexity index is 2580. The predicted molar refractivity (Wildman–Crippen MR) is 216 cm³/mol. The molecule has 0 aliphatic carbocycles. The van der Waals surface area contributed by atoms with Crippen molar-refractivity contribution in [2.75, 3.05) is 31.0 Å². The molecule has 0 radical (unpaired) electrons. The molecule has 19 nitrogen and oxygen atoms in total. The Labute approximate surface area is 338 Å². The van der Waals surface area contributed by atoms with E-state index in [2.05, 4.69) is 30.9 Å². The smallest absolute Gasteiger partial charge is 0.295 e. The molecule has 0 saturated carbocycles. The van der Waals surface area contributed by atoms with Gasteiger partial charge < -0.3 is 43.6 Å². The lowest BCUT2D eigenvalue weighted by Crippen LogP contribution is -2.18. The molecule has 0 aliphatic heterocycles. The van der Waals surface area contributed by atoms with E-state index in [1.165, 1.54) is 26.2 Å². The number of nitrogens with zero attached hydrogens (tertiary/aromatic N) is 6. The molecular weight excluding hydrogens is 765 g/mol. The second-order valence-electron chi connectivity index (χ2n) is 13.4. The second kappa shape index (κ2) is 18.1. The number of aliphatic hydroxyl groups excluding tert-OH is 1. The maximum absolute atomic E-state index is 13.6. The van der Waals surface area contributed by atoms with E-state index >= 15 is 0 Å². The number of carbonyl (C=O) groups is 4. The number of hydrogen-bond acceptors (Lipinski definition) is 13. The Morgan fingerprint density at radius 2 is 1.36 bits per heavy atom. The van der Waals surface area contributed by atoms with E-state index in [4.69, 9.17) is 29.0 Å². The number of allylic oxidation sites excluding steroid dienone is 2. The molecule has 6 N–H and O–H groups in total. The lowest BCUT2D eigenvalue weighted by molar-refractivity contribution is -0.119. The molecule has 0 saturated heterocycles. The average Bonchev–Trinajstić information content (AvgIpc) is 3.97. The van der Waals surface area contributed by atoms with Crippen molar-refractivity contribution in [1.82, 2.24) is 34.4 Å². The topological polar surface area (TPSA) is 257 Å². The van der Waals surface area contributed by atoms with Gasteiger partial charge in [0.1, 0.15) is 22.5 Å². The number of ether oxygens (including phenoxy) is 2. The van der Waals surface area contributed by atoms with Crippen molar-refractivity contribution in [2.45, 2.75) is 73.5 Å². The van der Waals surface area contributed by atoms with Crippen LogP contribution in [0.1, 0.15) is 87.4 Å². The molecule has 0 aliphatic rings. The summed E-state index contributed by atoms with van der Waals surface area (Å²) in [5.74, 6) is -0.222. The molecule has 59 heavy (non-hydrogen) atoms. The first-order valence-corrected chi connectivity index (χ1v) is 18.9. The quantitative estimate of drug-likeness (QED) is 0.0598. The summed E-state index contributed by atoms with van der Waals surface area (Å²) in [6, 6.07) is 6.57. The minimum Gasteiger partial charge on any atom is -0.494 e. The summed E-state index contributed by atoms with van der Waals surface area (Å²) in [5.41, 5.74) is 9.32. The largest absolute Gasteiger partial charge is 0.494 e.